The maximum atomic E-state index is 5.93. The summed E-state index contributed by atoms with van der Waals surface area (Å²) in [6.45, 7) is 8.04. The minimum atomic E-state index is 0.0347. The molecule has 0 amide bonds. The van der Waals surface area contributed by atoms with Crippen molar-refractivity contribution in [2.24, 2.45) is 12.0 Å². The van der Waals surface area contributed by atoms with E-state index < -0.39 is 0 Å². The lowest BCUT2D eigenvalue weighted by Gasteiger charge is -2.34. The van der Waals surface area contributed by atoms with Gasteiger partial charge in [0.05, 0.1) is 30.1 Å². The van der Waals surface area contributed by atoms with Crippen molar-refractivity contribution in [3.8, 4) is 0 Å². The van der Waals surface area contributed by atoms with Gasteiger partial charge >= 0.3 is 0 Å². The monoisotopic (exact) mass is 362 g/mol. The van der Waals surface area contributed by atoms with Crippen LogP contribution < -0.4 is 5.32 Å². The van der Waals surface area contributed by atoms with Gasteiger partial charge in [-0.05, 0) is 13.8 Å². The average molecular weight is 363 g/mol. The first-order valence-corrected chi connectivity index (χ1v) is 9.58. The zero-order valence-electron chi connectivity index (χ0n) is 15.1. The van der Waals surface area contributed by atoms with E-state index in [0.717, 1.165) is 54.8 Å². The molecule has 136 valence electrons. The number of hydrogen-bond acceptors (Lipinski definition) is 5. The number of nitrogens with one attached hydrogen (secondary N) is 1. The molecular weight excluding hydrogens is 336 g/mol. The van der Waals surface area contributed by atoms with Gasteiger partial charge in [0.1, 0.15) is 6.10 Å². The molecule has 3 rings (SSSR count). The summed E-state index contributed by atoms with van der Waals surface area (Å²) in [5.74, 6) is 0.951. The standard InChI is InChI=1S/C17H26N6OS/c1-4-18-17(19-6-5-15-12-25-13(2)21-15)23-7-8-24-16(11-23)14-9-20-22(3)10-14/h9-10,12,16H,4-8,11H2,1-3H3,(H,18,19). The van der Waals surface area contributed by atoms with Gasteiger partial charge in [-0.15, -0.1) is 11.3 Å². The fraction of sp³-hybridized carbons (Fsp3) is 0.588. The normalized spacial score (nSPS) is 18.6. The third-order valence-corrected chi connectivity index (χ3v) is 4.92. The Kier molecular flexibility index (Phi) is 6.04. The van der Waals surface area contributed by atoms with Crippen LogP contribution in [0.1, 0.15) is 29.3 Å². The Hall–Kier alpha value is -1.93. The van der Waals surface area contributed by atoms with Gasteiger partial charge in [-0.2, -0.15) is 5.10 Å². The zero-order valence-corrected chi connectivity index (χ0v) is 15.9. The molecule has 25 heavy (non-hydrogen) atoms. The number of rotatable bonds is 5. The second-order valence-corrected chi connectivity index (χ2v) is 7.16. The molecule has 1 aliphatic rings. The highest BCUT2D eigenvalue weighted by molar-refractivity contribution is 7.09. The summed E-state index contributed by atoms with van der Waals surface area (Å²) < 4.78 is 7.74. The number of aromatic nitrogens is 3. The molecular formula is C17H26N6OS. The van der Waals surface area contributed by atoms with Crippen LogP contribution in [0.3, 0.4) is 0 Å². The van der Waals surface area contributed by atoms with Gasteiger partial charge in [0.2, 0.25) is 0 Å². The quantitative estimate of drug-likeness (QED) is 0.648. The highest BCUT2D eigenvalue weighted by atomic mass is 32.1. The Bertz CT molecular complexity index is 710. The van der Waals surface area contributed by atoms with Crippen LogP contribution in [0.25, 0.3) is 0 Å². The first-order chi connectivity index (χ1) is 12.2. The molecule has 8 heteroatoms. The van der Waals surface area contributed by atoms with Gasteiger partial charge in [-0.1, -0.05) is 0 Å². The van der Waals surface area contributed by atoms with Crippen molar-refractivity contribution in [2.75, 3.05) is 32.8 Å². The predicted molar refractivity (Wildman–Crippen MR) is 100 cm³/mol. The van der Waals surface area contributed by atoms with Gasteiger partial charge < -0.3 is 15.0 Å². The molecule has 1 fully saturated rings. The lowest BCUT2D eigenvalue weighted by Crippen LogP contribution is -2.48. The summed E-state index contributed by atoms with van der Waals surface area (Å²) in [6.07, 6.45) is 4.80. The van der Waals surface area contributed by atoms with E-state index in [1.807, 2.05) is 31.0 Å². The third kappa shape index (κ3) is 4.79. The molecule has 1 unspecified atom stereocenters. The SMILES string of the molecule is CCNC(=NCCc1csc(C)n1)N1CCOC(c2cnn(C)c2)C1. The van der Waals surface area contributed by atoms with Crippen molar-refractivity contribution < 1.29 is 4.74 Å². The largest absolute Gasteiger partial charge is 0.370 e. The van der Waals surface area contributed by atoms with Crippen molar-refractivity contribution in [2.45, 2.75) is 26.4 Å². The van der Waals surface area contributed by atoms with E-state index in [1.54, 1.807) is 11.3 Å². The second kappa shape index (κ2) is 8.44. The molecule has 0 radical (unpaired) electrons. The van der Waals surface area contributed by atoms with E-state index in [4.69, 9.17) is 9.73 Å². The van der Waals surface area contributed by atoms with Gasteiger partial charge in [-0.3, -0.25) is 9.67 Å². The van der Waals surface area contributed by atoms with Crippen molar-refractivity contribution in [3.05, 3.63) is 34.0 Å². The number of aliphatic imine (C=N–C) groups is 1. The number of thiazole rings is 1. The average Bonchev–Trinajstić information content (AvgIpc) is 3.23. The highest BCUT2D eigenvalue weighted by Gasteiger charge is 2.25. The topological polar surface area (TPSA) is 67.6 Å². The lowest BCUT2D eigenvalue weighted by atomic mass is 10.1. The summed E-state index contributed by atoms with van der Waals surface area (Å²) in [5, 5.41) is 10.9. The molecule has 0 saturated carbocycles. The molecule has 2 aromatic rings. The van der Waals surface area contributed by atoms with Gasteiger partial charge in [0.25, 0.3) is 0 Å². The van der Waals surface area contributed by atoms with Crippen molar-refractivity contribution in [1.82, 2.24) is 25.0 Å². The van der Waals surface area contributed by atoms with Crippen LogP contribution in [0, 0.1) is 6.92 Å². The smallest absolute Gasteiger partial charge is 0.194 e. The van der Waals surface area contributed by atoms with Crippen LogP contribution in [-0.2, 0) is 18.2 Å². The first-order valence-electron chi connectivity index (χ1n) is 8.70. The molecule has 0 bridgehead atoms. The number of morpholine rings is 1. The van der Waals surface area contributed by atoms with Gasteiger partial charge in [0, 0.05) is 50.2 Å². The fourth-order valence-corrected chi connectivity index (χ4v) is 3.52. The number of guanidine groups is 1. The number of ether oxygens (including phenoxy) is 1. The van der Waals surface area contributed by atoms with E-state index in [9.17, 15) is 0 Å². The molecule has 0 aliphatic carbocycles. The minimum absolute atomic E-state index is 0.0347. The van der Waals surface area contributed by atoms with Crippen LogP contribution in [0.2, 0.25) is 0 Å². The molecule has 1 atom stereocenters. The molecule has 1 aliphatic heterocycles. The maximum Gasteiger partial charge on any atom is 0.194 e. The van der Waals surface area contributed by atoms with Crippen molar-refractivity contribution >= 4 is 17.3 Å². The molecule has 2 aromatic heterocycles. The summed E-state index contributed by atoms with van der Waals surface area (Å²) >= 11 is 1.69. The molecule has 1 saturated heterocycles. The Morgan fingerprint density at radius 1 is 1.52 bits per heavy atom. The van der Waals surface area contributed by atoms with Gasteiger partial charge in [0.15, 0.2) is 5.96 Å². The summed E-state index contributed by atoms with van der Waals surface area (Å²) in [4.78, 5) is 11.6. The van der Waals surface area contributed by atoms with Crippen LogP contribution in [0.15, 0.2) is 22.8 Å². The number of nitrogens with zero attached hydrogens (tertiary/aromatic N) is 5. The van der Waals surface area contributed by atoms with E-state index in [-0.39, 0.29) is 6.10 Å². The molecule has 1 N–H and O–H groups in total. The van der Waals surface area contributed by atoms with Gasteiger partial charge in [-0.25, -0.2) is 4.98 Å². The van der Waals surface area contributed by atoms with E-state index >= 15 is 0 Å². The molecule has 0 aromatic carbocycles. The van der Waals surface area contributed by atoms with E-state index in [0.29, 0.717) is 6.61 Å². The van der Waals surface area contributed by atoms with Crippen LogP contribution in [0.5, 0.6) is 0 Å². The number of aryl methyl sites for hydroxylation is 2. The second-order valence-electron chi connectivity index (χ2n) is 6.10. The van der Waals surface area contributed by atoms with Crippen LogP contribution >= 0.6 is 11.3 Å². The Morgan fingerprint density at radius 3 is 3.08 bits per heavy atom. The Balaban J connectivity index is 1.63. The van der Waals surface area contributed by atoms with Crippen molar-refractivity contribution in [1.29, 1.82) is 0 Å². The summed E-state index contributed by atoms with van der Waals surface area (Å²) in [5.41, 5.74) is 2.23. The van der Waals surface area contributed by atoms with Crippen LogP contribution in [-0.4, -0.2) is 58.4 Å². The lowest BCUT2D eigenvalue weighted by molar-refractivity contribution is -0.00803. The van der Waals surface area contributed by atoms with Crippen molar-refractivity contribution in [3.63, 3.8) is 0 Å². The first kappa shape index (κ1) is 17.9. The summed E-state index contributed by atoms with van der Waals surface area (Å²) in [7, 11) is 1.93. The molecule has 0 spiro atoms. The molecule has 3 heterocycles. The minimum Gasteiger partial charge on any atom is -0.370 e. The van der Waals surface area contributed by atoms with E-state index in [1.165, 1.54) is 0 Å². The van der Waals surface area contributed by atoms with E-state index in [2.05, 4.69) is 32.6 Å². The maximum absolute atomic E-state index is 5.93. The predicted octanol–water partition coefficient (Wildman–Crippen LogP) is 1.77. The van der Waals surface area contributed by atoms with Crippen LogP contribution in [0.4, 0.5) is 0 Å². The molecule has 7 nitrogen and oxygen atoms in total. The zero-order chi connectivity index (χ0) is 17.6. The summed E-state index contributed by atoms with van der Waals surface area (Å²) in [6, 6.07) is 0. The fourth-order valence-electron chi connectivity index (χ4n) is 2.87. The Labute approximate surface area is 152 Å². The Morgan fingerprint density at radius 2 is 2.40 bits per heavy atom. The highest BCUT2D eigenvalue weighted by Crippen LogP contribution is 2.21. The third-order valence-electron chi connectivity index (χ3n) is 4.09. The number of hydrogen-bond donors (Lipinski definition) is 1.